The second-order valence-corrected chi connectivity index (χ2v) is 7.45. The summed E-state index contributed by atoms with van der Waals surface area (Å²) >= 11 is 0. The van der Waals surface area contributed by atoms with E-state index in [0.717, 1.165) is 12.6 Å². The summed E-state index contributed by atoms with van der Waals surface area (Å²) in [7, 11) is 4.41. The Bertz CT molecular complexity index is 279. The van der Waals surface area contributed by atoms with E-state index in [0.29, 0.717) is 11.0 Å². The molecule has 0 spiro atoms. The first-order chi connectivity index (χ1) is 8.38. The number of likely N-dealkylation sites (tertiary alicyclic amines) is 1. The average Bonchev–Trinajstić information content (AvgIpc) is 2.66. The third-order valence-electron chi connectivity index (χ3n) is 5.32. The number of rotatable bonds is 3. The van der Waals surface area contributed by atoms with Crippen molar-refractivity contribution in [3.8, 4) is 0 Å². The molecule has 2 N–H and O–H groups in total. The summed E-state index contributed by atoms with van der Waals surface area (Å²) in [6.07, 6.45) is 6.51. The van der Waals surface area contributed by atoms with E-state index in [1.165, 1.54) is 45.2 Å². The summed E-state index contributed by atoms with van der Waals surface area (Å²) in [6.45, 7) is 8.10. The summed E-state index contributed by atoms with van der Waals surface area (Å²) in [5.74, 6) is 0. The van der Waals surface area contributed by atoms with Crippen molar-refractivity contribution in [1.82, 2.24) is 9.80 Å². The maximum absolute atomic E-state index is 6.16. The van der Waals surface area contributed by atoms with Gasteiger partial charge in [-0.05, 0) is 51.6 Å². The molecule has 106 valence electrons. The topological polar surface area (TPSA) is 32.5 Å². The van der Waals surface area contributed by atoms with Gasteiger partial charge in [0, 0.05) is 31.2 Å². The van der Waals surface area contributed by atoms with Crippen LogP contribution in [0.15, 0.2) is 0 Å². The van der Waals surface area contributed by atoms with Crippen molar-refractivity contribution in [2.24, 2.45) is 11.1 Å². The molecule has 3 heteroatoms. The maximum atomic E-state index is 6.16. The van der Waals surface area contributed by atoms with Crippen LogP contribution in [0.2, 0.25) is 0 Å². The molecule has 0 amide bonds. The molecule has 0 bridgehead atoms. The molecule has 0 aromatic heterocycles. The van der Waals surface area contributed by atoms with Gasteiger partial charge in [0.05, 0.1) is 0 Å². The van der Waals surface area contributed by atoms with Gasteiger partial charge >= 0.3 is 0 Å². The van der Waals surface area contributed by atoms with Crippen LogP contribution in [0.1, 0.15) is 46.0 Å². The summed E-state index contributed by atoms with van der Waals surface area (Å²) in [5, 5.41) is 0. The second kappa shape index (κ2) is 5.10. The van der Waals surface area contributed by atoms with Crippen molar-refractivity contribution in [3.05, 3.63) is 0 Å². The average molecular weight is 253 g/mol. The normalized spacial score (nSPS) is 34.3. The Balaban J connectivity index is 1.99. The molecule has 1 saturated heterocycles. The zero-order valence-corrected chi connectivity index (χ0v) is 12.7. The number of nitrogens with two attached hydrogens (primary N) is 1. The van der Waals surface area contributed by atoms with Crippen LogP contribution < -0.4 is 5.73 Å². The predicted octanol–water partition coefficient (Wildman–Crippen LogP) is 1.92. The largest absolute Gasteiger partial charge is 0.329 e. The zero-order valence-electron chi connectivity index (χ0n) is 12.7. The van der Waals surface area contributed by atoms with E-state index in [1.807, 2.05) is 0 Å². The quantitative estimate of drug-likeness (QED) is 0.834. The van der Waals surface area contributed by atoms with Crippen LogP contribution in [-0.4, -0.2) is 55.1 Å². The van der Waals surface area contributed by atoms with E-state index in [4.69, 9.17) is 5.73 Å². The molecule has 1 atom stereocenters. The Hall–Kier alpha value is -0.120. The first-order valence-corrected chi connectivity index (χ1v) is 7.50. The third-order valence-corrected chi connectivity index (χ3v) is 5.32. The fourth-order valence-electron chi connectivity index (χ4n) is 4.07. The van der Waals surface area contributed by atoms with Crippen molar-refractivity contribution >= 4 is 0 Å². The highest BCUT2D eigenvalue weighted by Gasteiger charge is 2.46. The Morgan fingerprint density at radius 1 is 1.17 bits per heavy atom. The first kappa shape index (κ1) is 14.3. The van der Waals surface area contributed by atoms with E-state index in [2.05, 4.69) is 37.7 Å². The van der Waals surface area contributed by atoms with E-state index < -0.39 is 0 Å². The van der Waals surface area contributed by atoms with Crippen LogP contribution in [0.5, 0.6) is 0 Å². The zero-order chi connectivity index (χ0) is 13.4. The molecule has 2 aliphatic rings. The fourth-order valence-corrected chi connectivity index (χ4v) is 4.07. The molecule has 1 heterocycles. The lowest BCUT2D eigenvalue weighted by atomic mass is 9.85. The molecule has 1 aliphatic carbocycles. The van der Waals surface area contributed by atoms with Crippen molar-refractivity contribution < 1.29 is 0 Å². The lowest BCUT2D eigenvalue weighted by molar-refractivity contribution is 0.0423. The lowest BCUT2D eigenvalue weighted by Crippen LogP contribution is -2.56. The Morgan fingerprint density at radius 3 is 2.17 bits per heavy atom. The van der Waals surface area contributed by atoms with Crippen LogP contribution in [0, 0.1) is 5.41 Å². The number of hydrogen-bond donors (Lipinski definition) is 1. The van der Waals surface area contributed by atoms with Gasteiger partial charge in [0.15, 0.2) is 0 Å². The van der Waals surface area contributed by atoms with Gasteiger partial charge < -0.3 is 10.6 Å². The first-order valence-electron chi connectivity index (χ1n) is 7.50. The molecule has 18 heavy (non-hydrogen) atoms. The highest BCUT2D eigenvalue weighted by Crippen LogP contribution is 2.46. The SMILES string of the molecule is CN(C)C1CCN(C2(CN)CCC(C)(C)C2)CC1. The van der Waals surface area contributed by atoms with Gasteiger partial charge in [-0.15, -0.1) is 0 Å². The van der Waals surface area contributed by atoms with Gasteiger partial charge in [-0.1, -0.05) is 13.8 Å². The molecule has 0 aromatic carbocycles. The van der Waals surface area contributed by atoms with Crippen molar-refractivity contribution in [2.75, 3.05) is 33.7 Å². The second-order valence-electron chi connectivity index (χ2n) is 7.45. The molecular formula is C15H31N3. The predicted molar refractivity (Wildman–Crippen MR) is 77.7 cm³/mol. The van der Waals surface area contributed by atoms with E-state index in [9.17, 15) is 0 Å². The number of hydrogen-bond acceptors (Lipinski definition) is 3. The smallest absolute Gasteiger partial charge is 0.0337 e. The van der Waals surface area contributed by atoms with E-state index in [1.54, 1.807) is 0 Å². The van der Waals surface area contributed by atoms with Gasteiger partial charge in [-0.3, -0.25) is 4.90 Å². The maximum Gasteiger partial charge on any atom is 0.0337 e. The standard InChI is InChI=1S/C15H31N3/c1-14(2)7-8-15(11-14,12-16)18-9-5-13(6-10-18)17(3)4/h13H,5-12,16H2,1-4H3. The van der Waals surface area contributed by atoms with Gasteiger partial charge in [0.1, 0.15) is 0 Å². The Labute approximate surface area is 113 Å². The van der Waals surface area contributed by atoms with E-state index in [-0.39, 0.29) is 0 Å². The number of piperidine rings is 1. The molecular weight excluding hydrogens is 222 g/mol. The summed E-state index contributed by atoms with van der Waals surface area (Å²) in [5.41, 5.74) is 6.95. The molecule has 1 aliphatic heterocycles. The lowest BCUT2D eigenvalue weighted by Gasteiger charge is -2.46. The highest BCUT2D eigenvalue weighted by molar-refractivity contribution is 5.03. The fraction of sp³-hybridized carbons (Fsp3) is 1.00. The molecule has 1 saturated carbocycles. The summed E-state index contributed by atoms with van der Waals surface area (Å²) < 4.78 is 0. The van der Waals surface area contributed by atoms with Crippen molar-refractivity contribution in [1.29, 1.82) is 0 Å². The van der Waals surface area contributed by atoms with Gasteiger partial charge in [0.25, 0.3) is 0 Å². The van der Waals surface area contributed by atoms with Crippen LogP contribution in [0.3, 0.4) is 0 Å². The minimum Gasteiger partial charge on any atom is -0.329 e. The summed E-state index contributed by atoms with van der Waals surface area (Å²) in [4.78, 5) is 5.09. The van der Waals surface area contributed by atoms with E-state index >= 15 is 0 Å². The van der Waals surface area contributed by atoms with Crippen molar-refractivity contribution in [3.63, 3.8) is 0 Å². The molecule has 2 rings (SSSR count). The highest BCUT2D eigenvalue weighted by atomic mass is 15.2. The van der Waals surface area contributed by atoms with Crippen LogP contribution in [0.25, 0.3) is 0 Å². The van der Waals surface area contributed by atoms with Crippen molar-refractivity contribution in [2.45, 2.75) is 57.5 Å². The minimum atomic E-state index is 0.306. The van der Waals surface area contributed by atoms with Crippen LogP contribution in [-0.2, 0) is 0 Å². The van der Waals surface area contributed by atoms with Gasteiger partial charge in [-0.2, -0.15) is 0 Å². The van der Waals surface area contributed by atoms with Crippen LogP contribution >= 0.6 is 0 Å². The molecule has 0 radical (unpaired) electrons. The Kier molecular flexibility index (Phi) is 4.05. The van der Waals surface area contributed by atoms with Gasteiger partial charge in [-0.25, -0.2) is 0 Å². The molecule has 1 unspecified atom stereocenters. The minimum absolute atomic E-state index is 0.306. The molecule has 0 aromatic rings. The molecule has 3 nitrogen and oxygen atoms in total. The monoisotopic (exact) mass is 253 g/mol. The Morgan fingerprint density at radius 2 is 1.78 bits per heavy atom. The third kappa shape index (κ3) is 2.73. The summed E-state index contributed by atoms with van der Waals surface area (Å²) in [6, 6.07) is 0.769. The molecule has 2 fully saturated rings. The van der Waals surface area contributed by atoms with Gasteiger partial charge in [0.2, 0.25) is 0 Å². The number of nitrogens with zero attached hydrogens (tertiary/aromatic N) is 2. The van der Waals surface area contributed by atoms with Crippen LogP contribution in [0.4, 0.5) is 0 Å².